The average molecular weight is 611 g/mol. The lowest BCUT2D eigenvalue weighted by Gasteiger charge is -2.39. The van der Waals surface area contributed by atoms with Crippen LogP contribution >= 0.6 is 0 Å². The van der Waals surface area contributed by atoms with Gasteiger partial charge < -0.3 is 59.5 Å². The number of hydrogen-bond donors (Lipinski definition) is 8. The van der Waals surface area contributed by atoms with Gasteiger partial charge in [-0.25, -0.2) is 4.79 Å². The Morgan fingerprint density at radius 2 is 1.57 bits per heavy atom. The third kappa shape index (κ3) is 6.09. The number of rotatable bonds is 7. The minimum Gasteiger partial charge on any atom is -0.508 e. The Bertz CT molecular complexity index is 1780. The summed E-state index contributed by atoms with van der Waals surface area (Å²) in [7, 11) is 0. The second-order valence-electron chi connectivity index (χ2n) is 9.81. The van der Waals surface area contributed by atoms with Crippen molar-refractivity contribution in [3.8, 4) is 45.8 Å². The van der Waals surface area contributed by atoms with E-state index in [9.17, 15) is 50.4 Å². The zero-order valence-electron chi connectivity index (χ0n) is 22.5. The topological polar surface area (TPSA) is 237 Å². The molecule has 1 aliphatic heterocycles. The number of phenolic OH excluding ortho intramolecular Hbond substituents is 5. The molecule has 1 aromatic heterocycles. The number of fused-ring (bicyclic) bond motifs is 1. The van der Waals surface area contributed by atoms with Crippen LogP contribution in [0.2, 0.25) is 0 Å². The molecule has 3 aromatic carbocycles. The lowest BCUT2D eigenvalue weighted by atomic mass is 9.99. The van der Waals surface area contributed by atoms with Crippen molar-refractivity contribution in [2.24, 2.45) is 0 Å². The molecule has 4 aromatic rings. The number of carbonyl (C=O) groups is 1. The van der Waals surface area contributed by atoms with Gasteiger partial charge in [0.1, 0.15) is 53.5 Å². The van der Waals surface area contributed by atoms with Crippen LogP contribution in [0.15, 0.2) is 69.9 Å². The van der Waals surface area contributed by atoms with E-state index in [0.29, 0.717) is 5.56 Å². The molecule has 44 heavy (non-hydrogen) atoms. The van der Waals surface area contributed by atoms with Gasteiger partial charge in [-0.3, -0.25) is 4.79 Å². The van der Waals surface area contributed by atoms with E-state index in [1.807, 2.05) is 0 Å². The van der Waals surface area contributed by atoms with Crippen LogP contribution in [-0.2, 0) is 14.3 Å². The predicted molar refractivity (Wildman–Crippen MR) is 150 cm³/mol. The van der Waals surface area contributed by atoms with Crippen molar-refractivity contribution in [1.82, 2.24) is 0 Å². The summed E-state index contributed by atoms with van der Waals surface area (Å²) in [6.45, 7) is -0.587. The van der Waals surface area contributed by atoms with Gasteiger partial charge in [0.2, 0.25) is 12.0 Å². The molecule has 14 heteroatoms. The molecule has 0 bridgehead atoms. The summed E-state index contributed by atoms with van der Waals surface area (Å²) in [6, 6.07) is 11.6. The number of phenols is 5. The minimum absolute atomic E-state index is 0.0439. The van der Waals surface area contributed by atoms with Crippen molar-refractivity contribution in [3.63, 3.8) is 0 Å². The number of aliphatic hydroxyl groups excluding tert-OH is 3. The van der Waals surface area contributed by atoms with E-state index >= 15 is 0 Å². The van der Waals surface area contributed by atoms with Gasteiger partial charge >= 0.3 is 5.97 Å². The van der Waals surface area contributed by atoms with E-state index in [0.717, 1.165) is 24.3 Å². The molecular weight excluding hydrogens is 584 g/mol. The first kappa shape index (κ1) is 30.2. The minimum atomic E-state index is -1.89. The third-order valence-electron chi connectivity index (χ3n) is 6.80. The Morgan fingerprint density at radius 3 is 2.27 bits per heavy atom. The highest BCUT2D eigenvalue weighted by Gasteiger charge is 2.46. The Hall–Kier alpha value is -5.28. The molecule has 0 radical (unpaired) electrons. The van der Waals surface area contributed by atoms with Gasteiger partial charge in [0.25, 0.3) is 0 Å². The van der Waals surface area contributed by atoms with Crippen LogP contribution in [0.4, 0.5) is 0 Å². The maximum atomic E-state index is 12.8. The van der Waals surface area contributed by atoms with E-state index in [-0.39, 0.29) is 22.7 Å². The average Bonchev–Trinajstić information content (AvgIpc) is 3.00. The quantitative estimate of drug-likeness (QED) is 0.0840. The number of benzene rings is 3. The van der Waals surface area contributed by atoms with Crippen molar-refractivity contribution in [3.05, 3.63) is 76.5 Å². The lowest BCUT2D eigenvalue weighted by molar-refractivity contribution is -0.278. The Balaban J connectivity index is 1.36. The van der Waals surface area contributed by atoms with Gasteiger partial charge in [-0.2, -0.15) is 0 Å². The maximum absolute atomic E-state index is 12.8. The molecule has 0 aliphatic carbocycles. The number of aromatic hydroxyl groups is 5. The van der Waals surface area contributed by atoms with E-state index in [1.165, 1.54) is 30.3 Å². The Morgan fingerprint density at radius 1 is 0.841 bits per heavy atom. The molecule has 1 fully saturated rings. The summed E-state index contributed by atoms with van der Waals surface area (Å²) in [4.78, 5) is 25.0. The van der Waals surface area contributed by atoms with Crippen molar-refractivity contribution in [2.75, 3.05) is 6.61 Å². The molecule has 0 amide bonds. The van der Waals surface area contributed by atoms with Gasteiger partial charge in [-0.1, -0.05) is 12.1 Å². The number of ether oxygens (including phenoxy) is 3. The van der Waals surface area contributed by atoms with Gasteiger partial charge in [0.05, 0.1) is 0 Å². The highest BCUT2D eigenvalue weighted by Crippen LogP contribution is 2.43. The number of aliphatic hydroxyl groups is 3. The normalized spacial score (nSPS) is 21.8. The Kier molecular flexibility index (Phi) is 8.33. The summed E-state index contributed by atoms with van der Waals surface area (Å²) < 4.78 is 21.8. The van der Waals surface area contributed by atoms with E-state index in [1.54, 1.807) is 12.1 Å². The van der Waals surface area contributed by atoms with Crippen LogP contribution in [0, 0.1) is 0 Å². The highest BCUT2D eigenvalue weighted by molar-refractivity contribution is 5.89. The maximum Gasteiger partial charge on any atom is 0.330 e. The highest BCUT2D eigenvalue weighted by atomic mass is 16.7. The van der Waals surface area contributed by atoms with Crippen LogP contribution in [0.5, 0.6) is 34.5 Å². The van der Waals surface area contributed by atoms with Gasteiger partial charge in [0.15, 0.2) is 28.4 Å². The van der Waals surface area contributed by atoms with Crippen molar-refractivity contribution in [1.29, 1.82) is 0 Å². The standard InChI is InChI=1S/C30H26O14/c31-15-5-1-13(2-6-15)3-8-23(35)41-12-22-26(37)28(39)29(40)30(44-22)43-21-11-20-24(27(38)25(21)36)18(34)10-19(42-20)14-4-7-16(32)17(33)9-14/h1-11,22,26,28-33,36-40H,12H2/t22-,26-,28+,29-,30-/m1/s1. The molecule has 1 aliphatic rings. The van der Waals surface area contributed by atoms with Crippen LogP contribution in [-0.4, -0.2) is 84.1 Å². The molecule has 1 saturated heterocycles. The first-order chi connectivity index (χ1) is 20.9. The summed E-state index contributed by atoms with van der Waals surface area (Å²) in [5.41, 5.74) is -0.291. The molecule has 0 saturated carbocycles. The lowest BCUT2D eigenvalue weighted by Crippen LogP contribution is -2.60. The molecule has 5 rings (SSSR count). The smallest absolute Gasteiger partial charge is 0.330 e. The molecule has 14 nitrogen and oxygen atoms in total. The molecule has 0 unspecified atom stereocenters. The fourth-order valence-electron chi connectivity index (χ4n) is 4.42. The molecule has 0 spiro atoms. The molecule has 2 heterocycles. The first-order valence-electron chi connectivity index (χ1n) is 13.0. The Labute approximate surface area is 247 Å². The second kappa shape index (κ2) is 12.1. The van der Waals surface area contributed by atoms with Crippen molar-refractivity contribution < 1.29 is 64.3 Å². The number of esters is 1. The van der Waals surface area contributed by atoms with Gasteiger partial charge in [0, 0.05) is 23.8 Å². The molecule has 5 atom stereocenters. The summed E-state index contributed by atoms with van der Waals surface area (Å²) in [6.07, 6.45) is -6.16. The van der Waals surface area contributed by atoms with Gasteiger partial charge in [-0.15, -0.1) is 0 Å². The monoisotopic (exact) mass is 610 g/mol. The molecule has 8 N–H and O–H groups in total. The predicted octanol–water partition coefficient (Wildman–Crippen LogP) is 1.43. The zero-order chi connectivity index (χ0) is 31.7. The fourth-order valence-corrected chi connectivity index (χ4v) is 4.42. The summed E-state index contributed by atoms with van der Waals surface area (Å²) in [5, 5.41) is 80.7. The van der Waals surface area contributed by atoms with Crippen molar-refractivity contribution in [2.45, 2.75) is 30.7 Å². The van der Waals surface area contributed by atoms with Crippen LogP contribution in [0.3, 0.4) is 0 Å². The summed E-state index contributed by atoms with van der Waals surface area (Å²) in [5.74, 6) is -4.18. The van der Waals surface area contributed by atoms with Crippen LogP contribution < -0.4 is 10.2 Å². The van der Waals surface area contributed by atoms with Crippen molar-refractivity contribution >= 4 is 23.0 Å². The SMILES string of the molecule is O=C(C=Cc1ccc(O)cc1)OC[C@H]1O[C@@H](Oc2cc3oc(-c4ccc(O)c(O)c4)cc(=O)c3c(O)c2O)[C@H](O)[C@@H](O)[C@@H]1O. The first-order valence-corrected chi connectivity index (χ1v) is 13.0. The van der Waals surface area contributed by atoms with E-state index < -0.39 is 82.8 Å². The second-order valence-corrected chi connectivity index (χ2v) is 9.81. The third-order valence-corrected chi connectivity index (χ3v) is 6.80. The fraction of sp³-hybridized carbons (Fsp3) is 0.200. The van der Waals surface area contributed by atoms with Crippen LogP contribution in [0.1, 0.15) is 5.56 Å². The van der Waals surface area contributed by atoms with E-state index in [2.05, 4.69) is 0 Å². The zero-order valence-corrected chi connectivity index (χ0v) is 22.5. The van der Waals surface area contributed by atoms with E-state index in [4.69, 9.17) is 18.6 Å². The number of carbonyl (C=O) groups excluding carboxylic acids is 1. The largest absolute Gasteiger partial charge is 0.508 e. The molecular formula is C30H26O14. The summed E-state index contributed by atoms with van der Waals surface area (Å²) >= 11 is 0. The van der Waals surface area contributed by atoms with Crippen LogP contribution in [0.25, 0.3) is 28.4 Å². The number of hydrogen-bond acceptors (Lipinski definition) is 14. The molecule has 230 valence electrons. The van der Waals surface area contributed by atoms with Gasteiger partial charge in [-0.05, 0) is 42.0 Å².